The fraction of sp³-hybridized carbons (Fsp3) is 0.667. The van der Waals surface area contributed by atoms with Crippen LogP contribution in [0.5, 0.6) is 0 Å². The van der Waals surface area contributed by atoms with Crippen LogP contribution in [0.25, 0.3) is 0 Å². The number of benzene rings is 1. The Morgan fingerprint density at radius 1 is 1.05 bits per heavy atom. The maximum absolute atomic E-state index is 6.26. The quantitative estimate of drug-likeness (QED) is 0.785. The molecule has 1 unspecified atom stereocenters. The van der Waals surface area contributed by atoms with E-state index in [1.807, 2.05) is 0 Å². The second-order valence-electron chi connectivity index (χ2n) is 7.38. The minimum Gasteiger partial charge on any atom is -0.297 e. The van der Waals surface area contributed by atoms with Gasteiger partial charge in [0, 0.05) is 17.0 Å². The molecule has 0 saturated carbocycles. The first-order valence-corrected chi connectivity index (χ1v) is 7.81. The summed E-state index contributed by atoms with van der Waals surface area (Å²) in [4.78, 5) is 6.26. The van der Waals surface area contributed by atoms with Gasteiger partial charge >= 0.3 is 0 Å². The van der Waals surface area contributed by atoms with Crippen LogP contribution in [0.3, 0.4) is 0 Å². The van der Waals surface area contributed by atoms with Gasteiger partial charge in [0.1, 0.15) is 0 Å². The molecule has 1 aromatic rings. The summed E-state index contributed by atoms with van der Waals surface area (Å²) in [7, 11) is 0. The molecule has 0 aliphatic carbocycles. The van der Waals surface area contributed by atoms with Gasteiger partial charge in [-0.25, -0.2) is 0 Å². The van der Waals surface area contributed by atoms with Gasteiger partial charge in [-0.3, -0.25) is 4.84 Å². The molecule has 0 spiro atoms. The number of piperidine rings is 1. The first-order valence-electron chi connectivity index (χ1n) is 7.81. The van der Waals surface area contributed by atoms with Crippen LogP contribution in [0.1, 0.15) is 65.4 Å². The van der Waals surface area contributed by atoms with Crippen LogP contribution in [-0.2, 0) is 4.84 Å². The average Bonchev–Trinajstić information content (AvgIpc) is 2.37. The highest BCUT2D eigenvalue weighted by Crippen LogP contribution is 2.38. The Balaban J connectivity index is 2.01. The predicted octanol–water partition coefficient (Wildman–Crippen LogP) is 4.76. The van der Waals surface area contributed by atoms with Crippen LogP contribution < -0.4 is 0 Å². The maximum atomic E-state index is 6.26. The SMILES string of the molecule is CC(CON1C(C)(C)CCCC1(C)C)c1ccccc1. The van der Waals surface area contributed by atoms with Crippen molar-refractivity contribution in [3.8, 4) is 0 Å². The second kappa shape index (κ2) is 5.87. The van der Waals surface area contributed by atoms with Crippen LogP contribution in [0, 0.1) is 0 Å². The van der Waals surface area contributed by atoms with Crippen molar-refractivity contribution in [3.63, 3.8) is 0 Å². The van der Waals surface area contributed by atoms with Crippen molar-refractivity contribution in [2.75, 3.05) is 6.61 Å². The third-order valence-electron chi connectivity index (χ3n) is 4.50. The van der Waals surface area contributed by atoms with E-state index >= 15 is 0 Å². The van der Waals surface area contributed by atoms with Crippen molar-refractivity contribution in [3.05, 3.63) is 35.9 Å². The molecule has 0 N–H and O–H groups in total. The van der Waals surface area contributed by atoms with Crippen LogP contribution >= 0.6 is 0 Å². The molecule has 0 bridgehead atoms. The number of hydroxylamine groups is 2. The van der Waals surface area contributed by atoms with E-state index < -0.39 is 0 Å². The summed E-state index contributed by atoms with van der Waals surface area (Å²) >= 11 is 0. The predicted molar refractivity (Wildman–Crippen MR) is 84.7 cm³/mol. The minimum absolute atomic E-state index is 0.123. The molecule has 1 atom stereocenters. The van der Waals surface area contributed by atoms with E-state index in [0.29, 0.717) is 5.92 Å². The monoisotopic (exact) mass is 275 g/mol. The van der Waals surface area contributed by atoms with Gasteiger partial charge in [-0.1, -0.05) is 37.3 Å². The Bertz CT molecular complexity index is 408. The first kappa shape index (κ1) is 15.5. The third-order valence-corrected chi connectivity index (χ3v) is 4.50. The lowest BCUT2D eigenvalue weighted by atomic mass is 9.82. The lowest BCUT2D eigenvalue weighted by molar-refractivity contribution is -0.282. The molecule has 2 heteroatoms. The summed E-state index contributed by atoms with van der Waals surface area (Å²) in [6.07, 6.45) is 3.69. The van der Waals surface area contributed by atoms with Crippen molar-refractivity contribution in [1.29, 1.82) is 0 Å². The second-order valence-corrected chi connectivity index (χ2v) is 7.38. The van der Waals surface area contributed by atoms with E-state index in [9.17, 15) is 0 Å². The van der Waals surface area contributed by atoms with Gasteiger partial charge in [-0.2, -0.15) is 5.06 Å². The number of hydrogen-bond donors (Lipinski definition) is 0. The molecule has 0 aromatic heterocycles. The van der Waals surface area contributed by atoms with Gasteiger partial charge in [0.2, 0.25) is 0 Å². The topological polar surface area (TPSA) is 12.5 Å². The summed E-state index contributed by atoms with van der Waals surface area (Å²) in [5, 5.41) is 2.25. The van der Waals surface area contributed by atoms with Gasteiger partial charge in [-0.05, 0) is 52.5 Å². The first-order chi connectivity index (χ1) is 9.33. The molecule has 2 rings (SSSR count). The lowest BCUT2D eigenvalue weighted by Crippen LogP contribution is -2.58. The van der Waals surface area contributed by atoms with Crippen molar-refractivity contribution in [1.82, 2.24) is 5.06 Å². The Morgan fingerprint density at radius 2 is 1.60 bits per heavy atom. The summed E-state index contributed by atoms with van der Waals surface area (Å²) < 4.78 is 0. The molecule has 1 saturated heterocycles. The molecule has 0 amide bonds. The molecule has 112 valence electrons. The molecule has 1 aliphatic heterocycles. The Kier molecular flexibility index (Phi) is 4.55. The molecule has 1 fully saturated rings. The van der Waals surface area contributed by atoms with E-state index in [1.54, 1.807) is 0 Å². The van der Waals surface area contributed by atoms with E-state index in [-0.39, 0.29) is 11.1 Å². The molecular formula is C18H29NO. The molecule has 0 radical (unpaired) electrons. The lowest BCUT2D eigenvalue weighted by Gasteiger charge is -2.51. The van der Waals surface area contributed by atoms with E-state index in [2.05, 4.69) is 70.0 Å². The van der Waals surface area contributed by atoms with Crippen molar-refractivity contribution in [2.45, 2.75) is 70.9 Å². The highest BCUT2D eigenvalue weighted by Gasteiger charge is 2.42. The number of rotatable bonds is 4. The number of nitrogens with zero attached hydrogens (tertiary/aromatic N) is 1. The Morgan fingerprint density at radius 3 is 2.15 bits per heavy atom. The van der Waals surface area contributed by atoms with Gasteiger partial charge in [0.05, 0.1) is 6.61 Å². The summed E-state index contributed by atoms with van der Waals surface area (Å²) in [5.74, 6) is 0.421. The standard InChI is InChI=1S/C18H29NO/c1-15(16-10-7-6-8-11-16)14-20-19-17(2,3)12-9-13-18(19,4)5/h6-8,10-11,15H,9,12-14H2,1-5H3. The number of hydrogen-bond acceptors (Lipinski definition) is 2. The molecule has 1 heterocycles. The normalized spacial score (nSPS) is 23.4. The zero-order chi connectivity index (χ0) is 14.8. The summed E-state index contributed by atoms with van der Waals surface area (Å²) in [6.45, 7) is 12.2. The highest BCUT2D eigenvalue weighted by molar-refractivity contribution is 5.18. The molecule has 1 aliphatic rings. The summed E-state index contributed by atoms with van der Waals surface area (Å²) in [6, 6.07) is 10.6. The van der Waals surface area contributed by atoms with Gasteiger partial charge in [-0.15, -0.1) is 0 Å². The fourth-order valence-corrected chi connectivity index (χ4v) is 3.39. The van der Waals surface area contributed by atoms with E-state index in [4.69, 9.17) is 4.84 Å². The average molecular weight is 275 g/mol. The van der Waals surface area contributed by atoms with E-state index in [1.165, 1.54) is 24.8 Å². The van der Waals surface area contributed by atoms with Gasteiger partial charge in [0.25, 0.3) is 0 Å². The summed E-state index contributed by atoms with van der Waals surface area (Å²) in [5.41, 5.74) is 1.59. The van der Waals surface area contributed by atoms with Gasteiger partial charge in [0.15, 0.2) is 0 Å². The van der Waals surface area contributed by atoms with Crippen LogP contribution in [0.4, 0.5) is 0 Å². The molecule has 1 aromatic carbocycles. The maximum Gasteiger partial charge on any atom is 0.0751 e. The van der Waals surface area contributed by atoms with E-state index in [0.717, 1.165) is 6.61 Å². The zero-order valence-electron chi connectivity index (χ0n) is 13.6. The van der Waals surface area contributed by atoms with Crippen molar-refractivity contribution >= 4 is 0 Å². The van der Waals surface area contributed by atoms with Gasteiger partial charge < -0.3 is 0 Å². The zero-order valence-corrected chi connectivity index (χ0v) is 13.6. The van der Waals surface area contributed by atoms with Crippen molar-refractivity contribution < 1.29 is 4.84 Å². The third kappa shape index (κ3) is 3.42. The minimum atomic E-state index is 0.123. The smallest absolute Gasteiger partial charge is 0.0751 e. The molecule has 20 heavy (non-hydrogen) atoms. The molecular weight excluding hydrogens is 246 g/mol. The highest BCUT2D eigenvalue weighted by atomic mass is 16.7. The Hall–Kier alpha value is -0.860. The van der Waals surface area contributed by atoms with Crippen LogP contribution in [0.2, 0.25) is 0 Å². The van der Waals surface area contributed by atoms with Crippen LogP contribution in [0.15, 0.2) is 30.3 Å². The largest absolute Gasteiger partial charge is 0.297 e. The molecule has 2 nitrogen and oxygen atoms in total. The van der Waals surface area contributed by atoms with Crippen molar-refractivity contribution in [2.24, 2.45) is 0 Å². The van der Waals surface area contributed by atoms with Crippen LogP contribution in [-0.4, -0.2) is 22.7 Å². The fourth-order valence-electron chi connectivity index (χ4n) is 3.39. The Labute approximate surface area is 124 Å².